The third-order valence-electron chi connectivity index (χ3n) is 8.84. The van der Waals surface area contributed by atoms with Crippen LogP contribution in [0.25, 0.3) is 27.7 Å². The van der Waals surface area contributed by atoms with Crippen molar-refractivity contribution in [2.24, 2.45) is 0 Å². The lowest BCUT2D eigenvalue weighted by atomic mass is 9.96. The van der Waals surface area contributed by atoms with Gasteiger partial charge in [0.05, 0.1) is 38.6 Å². The fourth-order valence-corrected chi connectivity index (χ4v) is 6.96. The fourth-order valence-electron chi connectivity index (χ4n) is 6.60. The van der Waals surface area contributed by atoms with Gasteiger partial charge in [-0.3, -0.25) is 14.3 Å². The van der Waals surface area contributed by atoms with Crippen LogP contribution in [0, 0.1) is 24.4 Å². The van der Waals surface area contributed by atoms with E-state index in [1.165, 1.54) is 10.6 Å². The van der Waals surface area contributed by atoms with Gasteiger partial charge < -0.3 is 19.8 Å². The van der Waals surface area contributed by atoms with Gasteiger partial charge in [0.15, 0.2) is 17.5 Å². The lowest BCUT2D eigenvalue weighted by Crippen LogP contribution is -2.56. The second-order valence-electron chi connectivity index (χ2n) is 11.9. The largest absolute Gasteiger partial charge is 0.507 e. The van der Waals surface area contributed by atoms with Crippen LogP contribution < -0.4 is 15.5 Å². The molecule has 0 bridgehead atoms. The Morgan fingerprint density at radius 2 is 1.85 bits per heavy atom. The van der Waals surface area contributed by atoms with Crippen LogP contribution in [0.2, 0.25) is 5.02 Å². The summed E-state index contributed by atoms with van der Waals surface area (Å²) in [6.07, 6.45) is 3.30. The van der Waals surface area contributed by atoms with E-state index < -0.39 is 45.0 Å². The molecule has 2 aliphatic rings. The molecule has 1 N–H and O–H groups in total. The number of benzene rings is 2. The summed E-state index contributed by atoms with van der Waals surface area (Å²) in [5.74, 6) is -4.80. The Bertz CT molecular complexity index is 2000. The Balaban J connectivity index is 1.81. The summed E-state index contributed by atoms with van der Waals surface area (Å²) in [5.41, 5.74) is -0.603. The van der Waals surface area contributed by atoms with Gasteiger partial charge in [0.25, 0.3) is 0 Å². The zero-order valence-corrected chi connectivity index (χ0v) is 26.5. The topological polar surface area (TPSA) is 94.8 Å². The number of aromatic nitrogens is 3. The summed E-state index contributed by atoms with van der Waals surface area (Å²) < 4.78 is 48.4. The van der Waals surface area contributed by atoms with Crippen LogP contribution >= 0.6 is 11.6 Å². The molecule has 0 saturated carbocycles. The lowest BCUT2D eigenvalue weighted by molar-refractivity contribution is -0.126. The van der Waals surface area contributed by atoms with E-state index >= 15 is 8.78 Å². The van der Waals surface area contributed by atoms with Gasteiger partial charge in [-0.15, -0.1) is 0 Å². The van der Waals surface area contributed by atoms with Crippen molar-refractivity contribution >= 4 is 39.9 Å². The number of amides is 1. The van der Waals surface area contributed by atoms with Crippen molar-refractivity contribution in [3.63, 3.8) is 0 Å². The molecule has 6 rings (SSSR count). The molecule has 0 radical (unpaired) electrons. The van der Waals surface area contributed by atoms with E-state index in [0.29, 0.717) is 36.5 Å². The molecule has 240 valence electrons. The molecule has 1 saturated heterocycles. The van der Waals surface area contributed by atoms with E-state index in [-0.39, 0.29) is 53.4 Å². The molecule has 4 heterocycles. The normalized spacial score (nSPS) is 16.5. The standard InChI is InChI=1S/C33H32ClF3N6O3/c1-6-21(45)41-13-14-42-18(15-41)10-12-40(5)31-24-30(25(34)23(27(31)37)22-20(44)8-7-19(35)26(22)36)43(33(46)39-32(24)42)29-17(4)9-11-38-28(29)16(2)3/h6-9,11,16,18,44H,1,10,12-15H2,2-5H3. The van der Waals surface area contributed by atoms with Crippen LogP contribution in [-0.2, 0) is 4.79 Å². The van der Waals surface area contributed by atoms with Crippen LogP contribution in [0.4, 0.5) is 24.7 Å². The molecular weight excluding hydrogens is 621 g/mol. The minimum absolute atomic E-state index is 0.00113. The van der Waals surface area contributed by atoms with Gasteiger partial charge in [0.1, 0.15) is 11.6 Å². The smallest absolute Gasteiger partial charge is 0.354 e. The number of rotatable bonds is 4. The molecule has 2 aromatic carbocycles. The number of piperazine rings is 1. The first kappa shape index (κ1) is 31.4. The van der Waals surface area contributed by atoms with Crippen LogP contribution in [0.1, 0.15) is 37.4 Å². The SMILES string of the molecule is C=CC(=O)N1CCN2c3nc(=O)n(-c4c(C)ccnc4C(C)C)c4c(Cl)c(-c5c(O)ccc(F)c5F)c(F)c(c34)N(C)CCC2C1. The number of hydrogen-bond donors (Lipinski definition) is 1. The number of aryl methyl sites for hydroxylation is 1. The number of anilines is 2. The molecule has 46 heavy (non-hydrogen) atoms. The van der Waals surface area contributed by atoms with Crippen LogP contribution in [0.5, 0.6) is 5.75 Å². The molecule has 4 aromatic rings. The number of pyridine rings is 1. The number of nitrogens with zero attached hydrogens (tertiary/aromatic N) is 6. The molecule has 0 aliphatic carbocycles. The zero-order valence-electron chi connectivity index (χ0n) is 25.7. The Kier molecular flexibility index (Phi) is 7.95. The van der Waals surface area contributed by atoms with Crippen molar-refractivity contribution in [3.8, 4) is 22.6 Å². The molecule has 0 spiro atoms. The number of fused-ring (bicyclic) bond motifs is 2. The maximum Gasteiger partial charge on any atom is 0.354 e. The highest BCUT2D eigenvalue weighted by Crippen LogP contribution is 2.50. The summed E-state index contributed by atoms with van der Waals surface area (Å²) in [7, 11) is 1.64. The van der Waals surface area contributed by atoms with E-state index in [0.717, 1.165) is 12.1 Å². The number of phenolic OH excluding ortho intramolecular Hbond substituents is 1. The molecule has 9 nitrogen and oxygen atoms in total. The van der Waals surface area contributed by atoms with Crippen molar-refractivity contribution in [3.05, 3.63) is 81.3 Å². The van der Waals surface area contributed by atoms with Gasteiger partial charge in [-0.25, -0.2) is 18.0 Å². The second kappa shape index (κ2) is 11.7. The van der Waals surface area contributed by atoms with Gasteiger partial charge in [-0.1, -0.05) is 32.0 Å². The molecule has 2 aliphatic heterocycles. The number of aromatic hydroxyl groups is 1. The lowest BCUT2D eigenvalue weighted by Gasteiger charge is -2.44. The quantitative estimate of drug-likeness (QED) is 0.283. The average molecular weight is 653 g/mol. The minimum atomic E-state index is -1.49. The first-order valence-electron chi connectivity index (χ1n) is 14.9. The van der Waals surface area contributed by atoms with Crippen molar-refractivity contribution in [1.29, 1.82) is 0 Å². The van der Waals surface area contributed by atoms with Gasteiger partial charge in [-0.2, -0.15) is 4.98 Å². The molecule has 1 unspecified atom stereocenters. The van der Waals surface area contributed by atoms with Crippen LogP contribution in [-0.4, -0.2) is 69.7 Å². The fraction of sp³-hybridized carbons (Fsp3) is 0.333. The van der Waals surface area contributed by atoms with E-state index in [1.54, 1.807) is 36.0 Å². The number of phenols is 1. The summed E-state index contributed by atoms with van der Waals surface area (Å²) in [4.78, 5) is 41.0. The highest BCUT2D eigenvalue weighted by molar-refractivity contribution is 6.39. The summed E-state index contributed by atoms with van der Waals surface area (Å²) in [5, 5.41) is 10.5. The highest BCUT2D eigenvalue weighted by Gasteiger charge is 2.38. The first-order valence-corrected chi connectivity index (χ1v) is 15.2. The third kappa shape index (κ3) is 4.77. The Labute approximate surface area is 268 Å². The maximum absolute atomic E-state index is 17.0. The van der Waals surface area contributed by atoms with Crippen molar-refractivity contribution in [2.45, 2.75) is 39.2 Å². The first-order chi connectivity index (χ1) is 21.9. The van der Waals surface area contributed by atoms with E-state index in [4.69, 9.17) is 11.6 Å². The highest BCUT2D eigenvalue weighted by atomic mass is 35.5. The summed E-state index contributed by atoms with van der Waals surface area (Å²) >= 11 is 7.07. The second-order valence-corrected chi connectivity index (χ2v) is 12.3. The zero-order chi connectivity index (χ0) is 33.2. The summed E-state index contributed by atoms with van der Waals surface area (Å²) in [6, 6.07) is 3.07. The van der Waals surface area contributed by atoms with E-state index in [2.05, 4.69) is 16.5 Å². The van der Waals surface area contributed by atoms with Gasteiger partial charge in [0, 0.05) is 51.0 Å². The van der Waals surface area contributed by atoms with E-state index in [1.807, 2.05) is 18.7 Å². The van der Waals surface area contributed by atoms with Gasteiger partial charge in [-0.05, 0) is 49.1 Å². The van der Waals surface area contributed by atoms with Gasteiger partial charge >= 0.3 is 5.69 Å². The minimum Gasteiger partial charge on any atom is -0.507 e. The van der Waals surface area contributed by atoms with Crippen molar-refractivity contribution in [2.75, 3.05) is 43.0 Å². The van der Waals surface area contributed by atoms with Crippen molar-refractivity contribution in [1.82, 2.24) is 19.4 Å². The number of carbonyl (C=O) groups is 1. The van der Waals surface area contributed by atoms with Crippen LogP contribution in [0.15, 0.2) is 41.8 Å². The summed E-state index contributed by atoms with van der Waals surface area (Å²) in [6.45, 7) is 10.4. The molecule has 1 fully saturated rings. The number of hydrogen-bond acceptors (Lipinski definition) is 7. The number of carbonyl (C=O) groups excluding carboxylic acids is 1. The average Bonchev–Trinajstić information content (AvgIpc) is 3.02. The molecular formula is C33H32ClF3N6O3. The molecule has 1 amide bonds. The predicted molar refractivity (Wildman–Crippen MR) is 172 cm³/mol. The number of halogens is 4. The van der Waals surface area contributed by atoms with Gasteiger partial charge in [0.2, 0.25) is 5.91 Å². The Hall–Kier alpha value is -4.58. The third-order valence-corrected chi connectivity index (χ3v) is 9.20. The monoisotopic (exact) mass is 652 g/mol. The van der Waals surface area contributed by atoms with E-state index in [9.17, 15) is 19.1 Å². The predicted octanol–water partition coefficient (Wildman–Crippen LogP) is 5.70. The molecule has 1 atom stereocenters. The molecule has 2 aromatic heterocycles. The Morgan fingerprint density at radius 3 is 2.54 bits per heavy atom. The molecule has 13 heteroatoms. The van der Waals surface area contributed by atoms with Crippen LogP contribution in [0.3, 0.4) is 0 Å². The van der Waals surface area contributed by atoms with Crippen molar-refractivity contribution < 1.29 is 23.1 Å². The maximum atomic E-state index is 17.0. The Morgan fingerprint density at radius 1 is 1.11 bits per heavy atom.